The van der Waals surface area contributed by atoms with E-state index >= 15 is 0 Å². The molecule has 0 saturated carbocycles. The molecule has 3 rings (SSSR count). The van der Waals surface area contributed by atoms with E-state index in [1.54, 1.807) is 6.07 Å². The zero-order valence-corrected chi connectivity index (χ0v) is 8.71. The topological polar surface area (TPSA) is 69.9 Å². The minimum absolute atomic E-state index is 0.365. The van der Waals surface area contributed by atoms with Gasteiger partial charge in [0.05, 0.1) is 5.52 Å². The first kappa shape index (κ1) is 8.96. The van der Waals surface area contributed by atoms with Gasteiger partial charge in [0.2, 0.25) is 0 Å². The van der Waals surface area contributed by atoms with Crippen LogP contribution in [0.2, 0.25) is 0 Å². The number of fused-ring (bicyclic) bond motifs is 1. The molecule has 0 radical (unpaired) electrons. The Morgan fingerprint density at radius 2 is 2.12 bits per heavy atom. The van der Waals surface area contributed by atoms with Crippen molar-refractivity contribution in [2.75, 3.05) is 5.73 Å². The van der Waals surface area contributed by atoms with Gasteiger partial charge in [-0.3, -0.25) is 4.68 Å². The molecular weight excluding hydrogens is 204 g/mol. The molecule has 0 aliphatic heterocycles. The van der Waals surface area contributed by atoms with Gasteiger partial charge >= 0.3 is 0 Å². The molecule has 0 aliphatic rings. The molecule has 0 saturated heterocycles. The molecule has 0 atom stereocenters. The number of aryl methyl sites for hydroxylation is 1. The maximum atomic E-state index is 5.53. The van der Waals surface area contributed by atoms with Crippen LogP contribution in [-0.2, 0) is 7.05 Å². The van der Waals surface area contributed by atoms with Crippen molar-refractivity contribution >= 4 is 16.7 Å². The van der Waals surface area contributed by atoms with E-state index in [1.807, 2.05) is 36.0 Å². The van der Waals surface area contributed by atoms with Gasteiger partial charge in [-0.1, -0.05) is 23.4 Å². The summed E-state index contributed by atoms with van der Waals surface area (Å²) in [4.78, 5) is 0. The summed E-state index contributed by atoms with van der Waals surface area (Å²) in [6, 6.07) is 9.62. The fourth-order valence-electron chi connectivity index (χ4n) is 1.80. The van der Waals surface area contributed by atoms with Gasteiger partial charge in [-0.15, -0.1) is 0 Å². The van der Waals surface area contributed by atoms with Crippen LogP contribution >= 0.6 is 0 Å². The fraction of sp³-hybridized carbons (Fsp3) is 0.0909. The lowest BCUT2D eigenvalue weighted by molar-refractivity contribution is 0.434. The lowest BCUT2D eigenvalue weighted by atomic mass is 10.2. The Labute approximate surface area is 91.4 Å². The normalized spacial score (nSPS) is 11.1. The second-order valence-electron chi connectivity index (χ2n) is 3.61. The summed E-state index contributed by atoms with van der Waals surface area (Å²) < 4.78 is 6.93. The molecule has 1 aromatic carbocycles. The Balaban J connectivity index is 2.32. The Bertz CT molecular complexity index is 653. The predicted octanol–water partition coefficient (Wildman–Crippen LogP) is 1.81. The highest BCUT2D eigenvalue weighted by atomic mass is 16.5. The molecule has 0 amide bonds. The Morgan fingerprint density at radius 1 is 1.31 bits per heavy atom. The predicted molar refractivity (Wildman–Crippen MR) is 60.6 cm³/mol. The molecule has 80 valence electrons. The van der Waals surface area contributed by atoms with E-state index < -0.39 is 0 Å². The summed E-state index contributed by atoms with van der Waals surface area (Å²) in [5.41, 5.74) is 7.34. The van der Waals surface area contributed by atoms with Crippen LogP contribution in [-0.4, -0.2) is 14.9 Å². The average molecular weight is 214 g/mol. The van der Waals surface area contributed by atoms with Crippen molar-refractivity contribution in [1.29, 1.82) is 0 Å². The number of hydrogen-bond acceptors (Lipinski definition) is 4. The lowest BCUT2D eigenvalue weighted by Gasteiger charge is -1.90. The van der Waals surface area contributed by atoms with Crippen molar-refractivity contribution in [3.8, 4) is 11.5 Å². The average Bonchev–Trinajstić information content (AvgIpc) is 2.84. The van der Waals surface area contributed by atoms with Crippen LogP contribution < -0.4 is 5.73 Å². The third-order valence-corrected chi connectivity index (χ3v) is 2.52. The van der Waals surface area contributed by atoms with Gasteiger partial charge in [-0.25, -0.2) is 0 Å². The van der Waals surface area contributed by atoms with E-state index in [-0.39, 0.29) is 0 Å². The van der Waals surface area contributed by atoms with Gasteiger partial charge in [-0.05, 0) is 6.07 Å². The maximum Gasteiger partial charge on any atom is 0.189 e. The Kier molecular flexibility index (Phi) is 1.73. The van der Waals surface area contributed by atoms with Gasteiger partial charge in [0.25, 0.3) is 0 Å². The van der Waals surface area contributed by atoms with E-state index in [0.717, 1.165) is 16.6 Å². The number of rotatable bonds is 1. The molecule has 2 heterocycles. The zero-order valence-electron chi connectivity index (χ0n) is 8.71. The van der Waals surface area contributed by atoms with Crippen LogP contribution in [0.5, 0.6) is 0 Å². The molecule has 2 N–H and O–H groups in total. The highest BCUT2D eigenvalue weighted by Crippen LogP contribution is 2.28. The van der Waals surface area contributed by atoms with Crippen LogP contribution in [0.25, 0.3) is 22.4 Å². The van der Waals surface area contributed by atoms with Crippen molar-refractivity contribution in [3.63, 3.8) is 0 Å². The largest absolute Gasteiger partial charge is 0.381 e. The van der Waals surface area contributed by atoms with Crippen molar-refractivity contribution < 1.29 is 4.52 Å². The summed E-state index contributed by atoms with van der Waals surface area (Å²) in [5.74, 6) is 0.957. The molecule has 0 aliphatic carbocycles. The molecule has 16 heavy (non-hydrogen) atoms. The van der Waals surface area contributed by atoms with E-state index in [4.69, 9.17) is 10.3 Å². The smallest absolute Gasteiger partial charge is 0.189 e. The number of para-hydroxylation sites is 1. The van der Waals surface area contributed by atoms with Crippen molar-refractivity contribution in [3.05, 3.63) is 30.3 Å². The first-order valence-electron chi connectivity index (χ1n) is 4.90. The van der Waals surface area contributed by atoms with Gasteiger partial charge in [0.1, 0.15) is 5.69 Å². The van der Waals surface area contributed by atoms with Crippen LogP contribution in [0, 0.1) is 0 Å². The molecule has 0 unspecified atom stereocenters. The van der Waals surface area contributed by atoms with Crippen molar-refractivity contribution in [2.24, 2.45) is 7.05 Å². The molecule has 2 aromatic heterocycles. The first-order chi connectivity index (χ1) is 7.75. The van der Waals surface area contributed by atoms with E-state index in [1.165, 1.54) is 0 Å². The van der Waals surface area contributed by atoms with Crippen molar-refractivity contribution in [2.45, 2.75) is 0 Å². The van der Waals surface area contributed by atoms with Crippen LogP contribution in [0.15, 0.2) is 34.9 Å². The lowest BCUT2D eigenvalue weighted by Crippen LogP contribution is -1.88. The zero-order chi connectivity index (χ0) is 11.1. The fourth-order valence-corrected chi connectivity index (χ4v) is 1.80. The van der Waals surface area contributed by atoms with Gasteiger partial charge in [0.15, 0.2) is 11.6 Å². The first-order valence-corrected chi connectivity index (χ1v) is 4.90. The molecule has 0 spiro atoms. The van der Waals surface area contributed by atoms with E-state index in [0.29, 0.717) is 11.6 Å². The Hall–Kier alpha value is -2.30. The minimum atomic E-state index is 0.365. The van der Waals surface area contributed by atoms with Crippen LogP contribution in [0.4, 0.5) is 5.82 Å². The van der Waals surface area contributed by atoms with E-state index in [2.05, 4.69) is 10.3 Å². The number of hydrogen-bond donors (Lipinski definition) is 1. The highest BCUT2D eigenvalue weighted by molar-refractivity contribution is 5.92. The Morgan fingerprint density at radius 3 is 2.88 bits per heavy atom. The quantitative estimate of drug-likeness (QED) is 0.670. The highest BCUT2D eigenvalue weighted by Gasteiger charge is 2.13. The van der Waals surface area contributed by atoms with Crippen molar-refractivity contribution in [1.82, 2.24) is 14.9 Å². The second kappa shape index (κ2) is 3.10. The summed E-state index contributed by atoms with van der Waals surface area (Å²) in [6.45, 7) is 0. The molecule has 5 heteroatoms. The molecule has 0 fully saturated rings. The monoisotopic (exact) mass is 214 g/mol. The van der Waals surface area contributed by atoms with Gasteiger partial charge < -0.3 is 10.3 Å². The van der Waals surface area contributed by atoms with Crippen LogP contribution in [0.3, 0.4) is 0 Å². The standard InChI is InChI=1S/C11H10N4O/c1-15-8-5-3-2-4-7(8)11(13-15)9-6-10(12)14-16-9/h2-6H,1H3,(H2,12,14). The molecule has 0 bridgehead atoms. The third-order valence-electron chi connectivity index (χ3n) is 2.52. The van der Waals surface area contributed by atoms with Gasteiger partial charge in [0, 0.05) is 18.5 Å². The third kappa shape index (κ3) is 1.18. The number of nitrogens with two attached hydrogens (primary N) is 1. The molecule has 3 aromatic rings. The number of anilines is 1. The summed E-state index contributed by atoms with van der Waals surface area (Å²) >= 11 is 0. The number of nitrogens with zero attached hydrogens (tertiary/aromatic N) is 3. The summed E-state index contributed by atoms with van der Waals surface area (Å²) in [5, 5.41) is 9.09. The summed E-state index contributed by atoms with van der Waals surface area (Å²) in [7, 11) is 1.89. The number of benzene rings is 1. The van der Waals surface area contributed by atoms with E-state index in [9.17, 15) is 0 Å². The number of nitrogen functional groups attached to an aromatic ring is 1. The maximum absolute atomic E-state index is 5.53. The number of aromatic nitrogens is 3. The van der Waals surface area contributed by atoms with Crippen LogP contribution in [0.1, 0.15) is 0 Å². The van der Waals surface area contributed by atoms with Gasteiger partial charge in [-0.2, -0.15) is 5.10 Å². The minimum Gasteiger partial charge on any atom is -0.381 e. The second-order valence-corrected chi connectivity index (χ2v) is 3.61. The summed E-state index contributed by atoms with van der Waals surface area (Å²) in [6.07, 6.45) is 0. The molecule has 5 nitrogen and oxygen atoms in total. The molecular formula is C11H10N4O. The SMILES string of the molecule is Cn1nc(-c2cc(N)no2)c2ccccc21.